The van der Waals surface area contributed by atoms with Crippen molar-refractivity contribution in [1.82, 2.24) is 4.98 Å². The number of thiazole rings is 1. The first-order chi connectivity index (χ1) is 11.1. The zero-order valence-electron chi connectivity index (χ0n) is 13.6. The third kappa shape index (κ3) is 2.63. The van der Waals surface area contributed by atoms with Gasteiger partial charge < -0.3 is 9.80 Å². The van der Waals surface area contributed by atoms with E-state index in [0.717, 1.165) is 46.6 Å². The van der Waals surface area contributed by atoms with Gasteiger partial charge in [0.05, 0.1) is 12.1 Å². The maximum Gasteiger partial charge on any atom is 0.231 e. The molecule has 0 bridgehead atoms. The highest BCUT2D eigenvalue weighted by Gasteiger charge is 2.25. The Morgan fingerprint density at radius 3 is 3.04 bits per heavy atom. The lowest BCUT2D eigenvalue weighted by Crippen LogP contribution is -2.34. The highest BCUT2D eigenvalue weighted by molar-refractivity contribution is 7.14. The zero-order chi connectivity index (χ0) is 16.0. The molecule has 1 saturated heterocycles. The van der Waals surface area contributed by atoms with Crippen LogP contribution in [0.5, 0.6) is 0 Å². The maximum absolute atomic E-state index is 11.8. The van der Waals surface area contributed by atoms with Gasteiger partial charge in [-0.3, -0.25) is 4.79 Å². The fourth-order valence-corrected chi connectivity index (χ4v) is 4.41. The predicted octanol–water partition coefficient (Wildman–Crippen LogP) is 3.57. The van der Waals surface area contributed by atoms with Crippen LogP contribution in [0.25, 0.3) is 11.3 Å². The summed E-state index contributed by atoms with van der Waals surface area (Å²) in [6.45, 7) is 4.53. The number of likely N-dealkylation sites (N-methyl/N-ethyl adjacent to an activating group) is 1. The Kier molecular flexibility index (Phi) is 3.60. The number of benzene rings is 1. The molecular weight excluding hydrogens is 306 g/mol. The second-order valence-electron chi connectivity index (χ2n) is 6.68. The van der Waals surface area contributed by atoms with Crippen molar-refractivity contribution in [2.75, 3.05) is 29.9 Å². The number of hydrogen-bond acceptors (Lipinski definition) is 4. The lowest BCUT2D eigenvalue weighted by molar-refractivity contribution is -0.117. The second-order valence-corrected chi connectivity index (χ2v) is 7.52. The summed E-state index contributed by atoms with van der Waals surface area (Å²) in [5.74, 6) is 0.913. The van der Waals surface area contributed by atoms with Gasteiger partial charge in [-0.25, -0.2) is 4.98 Å². The molecule has 0 radical (unpaired) electrons. The van der Waals surface area contributed by atoms with Gasteiger partial charge >= 0.3 is 0 Å². The van der Waals surface area contributed by atoms with Crippen LogP contribution in [0.2, 0.25) is 0 Å². The van der Waals surface area contributed by atoms with Crippen LogP contribution in [-0.4, -0.2) is 31.0 Å². The van der Waals surface area contributed by atoms with Gasteiger partial charge in [0.15, 0.2) is 5.13 Å². The van der Waals surface area contributed by atoms with E-state index in [1.165, 1.54) is 12.8 Å². The summed E-state index contributed by atoms with van der Waals surface area (Å²) in [6.07, 6.45) is 3.07. The first kappa shape index (κ1) is 14.7. The fraction of sp³-hybridized carbons (Fsp3) is 0.444. The minimum Gasteiger partial charge on any atom is -0.348 e. The molecule has 1 aromatic carbocycles. The largest absolute Gasteiger partial charge is 0.348 e. The summed E-state index contributed by atoms with van der Waals surface area (Å²) < 4.78 is 0. The normalized spacial score (nSPS) is 21.0. The molecule has 0 unspecified atom stereocenters. The lowest BCUT2D eigenvalue weighted by atomic mass is 10.0. The summed E-state index contributed by atoms with van der Waals surface area (Å²) in [6, 6.07) is 6.23. The van der Waals surface area contributed by atoms with Crippen molar-refractivity contribution in [2.24, 2.45) is 5.92 Å². The molecule has 120 valence electrons. The van der Waals surface area contributed by atoms with Gasteiger partial charge in [0.1, 0.15) is 0 Å². The summed E-state index contributed by atoms with van der Waals surface area (Å²) in [5.41, 5.74) is 4.27. The Hall–Kier alpha value is -1.88. The molecule has 0 saturated carbocycles. The van der Waals surface area contributed by atoms with Crippen molar-refractivity contribution in [3.8, 4) is 11.3 Å². The van der Waals surface area contributed by atoms with E-state index in [1.54, 1.807) is 16.2 Å². The molecule has 0 spiro atoms. The number of piperidine rings is 1. The van der Waals surface area contributed by atoms with Gasteiger partial charge in [0.2, 0.25) is 5.91 Å². The minimum absolute atomic E-state index is 0.165. The quantitative estimate of drug-likeness (QED) is 0.846. The standard InChI is InChI=1S/C18H21N3OS/c1-12-4-3-7-21(10-12)18-19-15(11-23-18)13-5-6-16-14(8-13)9-17(22)20(16)2/h5-6,8,11-12H,3-4,7,9-10H2,1-2H3/t12-/m0/s1. The van der Waals surface area contributed by atoms with Crippen LogP contribution in [0.3, 0.4) is 0 Å². The van der Waals surface area contributed by atoms with Crippen LogP contribution in [-0.2, 0) is 11.2 Å². The van der Waals surface area contributed by atoms with E-state index in [-0.39, 0.29) is 5.91 Å². The molecule has 1 fully saturated rings. The molecule has 5 heteroatoms. The molecule has 1 aromatic heterocycles. The van der Waals surface area contributed by atoms with Crippen LogP contribution in [0, 0.1) is 5.92 Å². The summed E-state index contributed by atoms with van der Waals surface area (Å²) in [4.78, 5) is 20.8. The van der Waals surface area contributed by atoms with Crippen LogP contribution >= 0.6 is 11.3 Å². The molecule has 4 rings (SSSR count). The Labute approximate surface area is 140 Å². The molecule has 0 aliphatic carbocycles. The van der Waals surface area contributed by atoms with Crippen LogP contribution in [0.1, 0.15) is 25.3 Å². The summed E-state index contributed by atoms with van der Waals surface area (Å²) >= 11 is 1.72. The Bertz CT molecular complexity index is 754. The maximum atomic E-state index is 11.8. The van der Waals surface area contributed by atoms with E-state index in [2.05, 4.69) is 29.3 Å². The Balaban J connectivity index is 1.60. The van der Waals surface area contributed by atoms with Crippen LogP contribution in [0.4, 0.5) is 10.8 Å². The van der Waals surface area contributed by atoms with Gasteiger partial charge in [-0.05, 0) is 36.5 Å². The number of hydrogen-bond donors (Lipinski definition) is 0. The van der Waals surface area contributed by atoms with Gasteiger partial charge in [-0.2, -0.15) is 0 Å². The lowest BCUT2D eigenvalue weighted by Gasteiger charge is -2.30. The molecular formula is C18H21N3OS. The molecule has 0 N–H and O–H groups in total. The molecule has 23 heavy (non-hydrogen) atoms. The average molecular weight is 327 g/mol. The van der Waals surface area contributed by atoms with Crippen molar-refractivity contribution in [3.05, 3.63) is 29.1 Å². The Morgan fingerprint density at radius 2 is 2.22 bits per heavy atom. The number of fused-ring (bicyclic) bond motifs is 1. The van der Waals surface area contributed by atoms with E-state index in [0.29, 0.717) is 6.42 Å². The minimum atomic E-state index is 0.165. The summed E-state index contributed by atoms with van der Waals surface area (Å²) in [5, 5.41) is 3.26. The molecule has 3 heterocycles. The van der Waals surface area contributed by atoms with Gasteiger partial charge in [0.25, 0.3) is 0 Å². The van der Waals surface area contributed by atoms with Crippen molar-refractivity contribution in [2.45, 2.75) is 26.2 Å². The molecule has 2 aliphatic rings. The van der Waals surface area contributed by atoms with E-state index in [9.17, 15) is 4.79 Å². The topological polar surface area (TPSA) is 36.4 Å². The smallest absolute Gasteiger partial charge is 0.231 e. The van der Waals surface area contributed by atoms with Gasteiger partial charge in [-0.1, -0.05) is 13.0 Å². The number of rotatable bonds is 2. The van der Waals surface area contributed by atoms with Crippen LogP contribution in [0.15, 0.2) is 23.6 Å². The zero-order valence-corrected chi connectivity index (χ0v) is 14.4. The monoisotopic (exact) mass is 327 g/mol. The van der Waals surface area contributed by atoms with Crippen LogP contribution < -0.4 is 9.80 Å². The highest BCUT2D eigenvalue weighted by Crippen LogP contribution is 2.34. The number of amides is 1. The second kappa shape index (κ2) is 5.64. The molecule has 1 amide bonds. The van der Waals surface area contributed by atoms with E-state index in [4.69, 9.17) is 4.98 Å². The fourth-order valence-electron chi connectivity index (χ4n) is 3.53. The third-order valence-electron chi connectivity index (χ3n) is 4.87. The van der Waals surface area contributed by atoms with Crippen molar-refractivity contribution >= 4 is 28.1 Å². The number of anilines is 2. The average Bonchev–Trinajstić information content (AvgIpc) is 3.13. The predicted molar refractivity (Wildman–Crippen MR) is 95.3 cm³/mol. The van der Waals surface area contributed by atoms with Crippen molar-refractivity contribution in [1.29, 1.82) is 0 Å². The Morgan fingerprint density at radius 1 is 1.35 bits per heavy atom. The highest BCUT2D eigenvalue weighted by atomic mass is 32.1. The molecule has 4 nitrogen and oxygen atoms in total. The van der Waals surface area contributed by atoms with Crippen molar-refractivity contribution < 1.29 is 4.79 Å². The number of carbonyl (C=O) groups excluding carboxylic acids is 1. The molecule has 2 aromatic rings. The van der Waals surface area contributed by atoms with E-state index in [1.807, 2.05) is 13.1 Å². The third-order valence-corrected chi connectivity index (χ3v) is 5.77. The first-order valence-electron chi connectivity index (χ1n) is 8.22. The SMILES string of the molecule is C[C@H]1CCCN(c2nc(-c3ccc4c(c3)CC(=O)N4C)cs2)C1. The molecule has 1 atom stereocenters. The first-order valence-corrected chi connectivity index (χ1v) is 9.10. The number of nitrogens with zero attached hydrogens (tertiary/aromatic N) is 3. The molecule has 2 aliphatic heterocycles. The van der Waals surface area contributed by atoms with Gasteiger partial charge in [0, 0.05) is 36.8 Å². The summed E-state index contributed by atoms with van der Waals surface area (Å²) in [7, 11) is 1.84. The van der Waals surface area contributed by atoms with Crippen molar-refractivity contribution in [3.63, 3.8) is 0 Å². The van der Waals surface area contributed by atoms with Gasteiger partial charge in [-0.15, -0.1) is 11.3 Å². The number of aromatic nitrogens is 1. The number of carbonyl (C=O) groups is 1. The van der Waals surface area contributed by atoms with E-state index < -0.39 is 0 Å². The van der Waals surface area contributed by atoms with E-state index >= 15 is 0 Å².